The van der Waals surface area contributed by atoms with Crippen molar-refractivity contribution in [3.05, 3.63) is 106 Å². The second-order valence-corrected chi connectivity index (χ2v) is 14.7. The Hall–Kier alpha value is -3.28. The highest BCUT2D eigenvalue weighted by Gasteiger charge is 2.33. The Balaban J connectivity index is 1.38. The molecule has 1 aromatic heterocycles. The van der Waals surface area contributed by atoms with Crippen LogP contribution in [0, 0.1) is 5.92 Å². The zero-order chi connectivity index (χ0) is 30.1. The first-order valence-electron chi connectivity index (χ1n) is 13.9. The molecule has 2 fully saturated rings. The number of nitrogens with zero attached hydrogens (tertiary/aromatic N) is 4. The fourth-order valence-electron chi connectivity index (χ4n) is 5.18. The summed E-state index contributed by atoms with van der Waals surface area (Å²) in [5.41, 5.74) is 3.51. The highest BCUT2D eigenvalue weighted by Crippen LogP contribution is 2.37. The fraction of sp³-hybridized carbons (Fsp3) is 0.219. The highest BCUT2D eigenvalue weighted by atomic mass is 35.5. The van der Waals surface area contributed by atoms with Gasteiger partial charge >= 0.3 is 0 Å². The first kappa shape index (κ1) is 29.8. The molecule has 0 aliphatic carbocycles. The number of aromatic nitrogens is 2. The van der Waals surface area contributed by atoms with Crippen molar-refractivity contribution in [2.45, 2.75) is 31.2 Å². The van der Waals surface area contributed by atoms with Crippen molar-refractivity contribution in [3.8, 4) is 16.9 Å². The summed E-state index contributed by atoms with van der Waals surface area (Å²) in [6, 6.07) is 23.9. The molecule has 0 radical (unpaired) electrons. The Morgan fingerprint density at radius 3 is 2.49 bits per heavy atom. The third kappa shape index (κ3) is 6.21. The van der Waals surface area contributed by atoms with Gasteiger partial charge in [-0.15, -0.1) is 0 Å². The number of halogens is 1. The van der Waals surface area contributed by atoms with E-state index in [1.807, 2.05) is 60.8 Å². The number of piperidine rings is 1. The van der Waals surface area contributed by atoms with Gasteiger partial charge in [0.25, 0.3) is 5.91 Å². The lowest BCUT2D eigenvalue weighted by Gasteiger charge is -2.29. The molecule has 3 aromatic carbocycles. The average molecular weight is 649 g/mol. The molecule has 0 unspecified atom stereocenters. The van der Waals surface area contributed by atoms with E-state index in [9.17, 15) is 13.2 Å². The molecule has 4 aromatic rings. The van der Waals surface area contributed by atoms with E-state index in [0.717, 1.165) is 24.1 Å². The monoisotopic (exact) mass is 648 g/mol. The summed E-state index contributed by atoms with van der Waals surface area (Å²) in [6.07, 6.45) is 5.32. The molecule has 2 saturated heterocycles. The molecular formula is C32H29ClN4O3S3. The largest absolute Gasteiger partial charge is 0.288 e. The zero-order valence-electron chi connectivity index (χ0n) is 23.4. The van der Waals surface area contributed by atoms with Gasteiger partial charge in [-0.25, -0.2) is 13.1 Å². The van der Waals surface area contributed by atoms with Crippen LogP contribution in [-0.4, -0.2) is 50.7 Å². The first-order chi connectivity index (χ1) is 20.7. The van der Waals surface area contributed by atoms with Gasteiger partial charge in [0, 0.05) is 35.4 Å². The Labute approximate surface area is 266 Å². The van der Waals surface area contributed by atoms with Crippen LogP contribution < -0.4 is 0 Å². The van der Waals surface area contributed by atoms with Crippen LogP contribution in [0.2, 0.25) is 5.02 Å². The topological polar surface area (TPSA) is 75.5 Å². The zero-order valence-corrected chi connectivity index (χ0v) is 26.6. The lowest BCUT2D eigenvalue weighted by molar-refractivity contribution is -0.122. The van der Waals surface area contributed by atoms with Gasteiger partial charge in [-0.2, -0.15) is 9.40 Å². The average Bonchev–Trinajstić information content (AvgIpc) is 3.55. The van der Waals surface area contributed by atoms with E-state index in [2.05, 4.69) is 6.92 Å². The van der Waals surface area contributed by atoms with Crippen molar-refractivity contribution >= 4 is 61.9 Å². The van der Waals surface area contributed by atoms with Gasteiger partial charge in [0.15, 0.2) is 0 Å². The van der Waals surface area contributed by atoms with Gasteiger partial charge in [-0.1, -0.05) is 91.0 Å². The molecule has 6 rings (SSSR count). The number of thiocarbonyl (C=S) groups is 1. The summed E-state index contributed by atoms with van der Waals surface area (Å²) >= 11 is 13.2. The number of carbonyl (C=O) groups excluding carboxylic acids is 1. The number of rotatable bonds is 7. The van der Waals surface area contributed by atoms with Gasteiger partial charge in [0.2, 0.25) is 10.0 Å². The number of benzene rings is 3. The van der Waals surface area contributed by atoms with E-state index < -0.39 is 10.0 Å². The Morgan fingerprint density at radius 2 is 1.74 bits per heavy atom. The third-order valence-corrected chi connectivity index (χ3v) is 11.3. The van der Waals surface area contributed by atoms with Crippen molar-refractivity contribution in [2.24, 2.45) is 5.92 Å². The number of thioether (sulfide) groups is 1. The molecule has 0 saturated carbocycles. The second kappa shape index (κ2) is 12.4. The van der Waals surface area contributed by atoms with Gasteiger partial charge in [-0.3, -0.25) is 9.69 Å². The van der Waals surface area contributed by atoms with Crippen LogP contribution in [0.4, 0.5) is 0 Å². The second-order valence-electron chi connectivity index (χ2n) is 10.7. The maximum absolute atomic E-state index is 13.6. The minimum absolute atomic E-state index is 0.219. The number of hydrogen-bond acceptors (Lipinski definition) is 6. The fourth-order valence-corrected chi connectivity index (χ4v) is 8.14. The van der Waals surface area contributed by atoms with E-state index in [4.69, 9.17) is 28.9 Å². The summed E-state index contributed by atoms with van der Waals surface area (Å²) in [5.74, 6) is 0.295. The molecular weight excluding hydrogens is 620 g/mol. The lowest BCUT2D eigenvalue weighted by Crippen LogP contribution is -2.37. The van der Waals surface area contributed by atoms with Crippen LogP contribution in [0.3, 0.4) is 0 Å². The lowest BCUT2D eigenvalue weighted by atomic mass is 10.0. The van der Waals surface area contributed by atoms with Gasteiger partial charge in [-0.05, 0) is 60.7 Å². The van der Waals surface area contributed by atoms with E-state index in [1.54, 1.807) is 44.2 Å². The van der Waals surface area contributed by atoms with Crippen LogP contribution >= 0.6 is 35.6 Å². The van der Waals surface area contributed by atoms with Crippen LogP contribution in [0.15, 0.2) is 94.9 Å². The number of amides is 1. The summed E-state index contributed by atoms with van der Waals surface area (Å²) < 4.78 is 30.9. The van der Waals surface area contributed by atoms with Crippen LogP contribution in [0.1, 0.15) is 30.9 Å². The molecule has 220 valence electrons. The molecule has 1 amide bonds. The maximum Gasteiger partial charge on any atom is 0.266 e. The molecule has 2 aliphatic rings. The smallest absolute Gasteiger partial charge is 0.266 e. The maximum atomic E-state index is 13.6. The summed E-state index contributed by atoms with van der Waals surface area (Å²) in [7, 11) is -3.66. The number of para-hydroxylation sites is 1. The molecule has 0 spiro atoms. The number of hydrogen-bond donors (Lipinski definition) is 0. The summed E-state index contributed by atoms with van der Waals surface area (Å²) in [5, 5.41) is 5.43. The SMILES string of the molecule is CC1CCN(S(=O)(=O)c2cccc(-c3nn(-c4ccccc4)cc3/C=C3\SC(=S)N(Cc4ccccc4Cl)C3=O)c2)CC1. The molecule has 7 nitrogen and oxygen atoms in total. The molecule has 0 atom stereocenters. The Kier molecular flexibility index (Phi) is 8.57. The standard InChI is InChI=1S/C32H29ClN4O3S3/c1-22-14-16-35(17-15-22)43(39,40)27-12-7-9-23(18-27)30-25(21-37(34-30)26-10-3-2-4-11-26)19-29-31(38)36(32(41)42-29)20-24-8-5-6-13-28(24)33/h2-13,18-19,21-22H,14-17,20H2,1H3/b29-19-. The number of carbonyl (C=O) groups is 1. The molecule has 43 heavy (non-hydrogen) atoms. The quantitative estimate of drug-likeness (QED) is 0.158. The van der Waals surface area contributed by atoms with Crippen molar-refractivity contribution in [1.29, 1.82) is 0 Å². The van der Waals surface area contributed by atoms with Crippen molar-refractivity contribution in [2.75, 3.05) is 13.1 Å². The Bertz CT molecular complexity index is 1830. The number of sulfonamides is 1. The van der Waals surface area contributed by atoms with E-state index in [0.29, 0.717) is 50.1 Å². The van der Waals surface area contributed by atoms with Crippen LogP contribution in [-0.2, 0) is 21.4 Å². The normalized spacial score (nSPS) is 17.7. The van der Waals surface area contributed by atoms with Crippen molar-refractivity contribution < 1.29 is 13.2 Å². The van der Waals surface area contributed by atoms with Gasteiger partial charge in [0.1, 0.15) is 10.0 Å². The highest BCUT2D eigenvalue weighted by molar-refractivity contribution is 8.26. The Morgan fingerprint density at radius 1 is 1.02 bits per heavy atom. The van der Waals surface area contributed by atoms with Crippen LogP contribution in [0.5, 0.6) is 0 Å². The van der Waals surface area contributed by atoms with E-state index in [-0.39, 0.29) is 17.3 Å². The van der Waals surface area contributed by atoms with E-state index in [1.165, 1.54) is 11.8 Å². The first-order valence-corrected chi connectivity index (χ1v) is 17.0. The molecule has 11 heteroatoms. The predicted octanol–water partition coefficient (Wildman–Crippen LogP) is 7.01. The summed E-state index contributed by atoms with van der Waals surface area (Å²) in [4.78, 5) is 15.8. The third-order valence-electron chi connectivity index (χ3n) is 7.70. The molecule has 0 N–H and O–H groups in total. The minimum Gasteiger partial charge on any atom is -0.288 e. The van der Waals surface area contributed by atoms with Crippen molar-refractivity contribution in [3.63, 3.8) is 0 Å². The molecule has 3 heterocycles. The van der Waals surface area contributed by atoms with E-state index >= 15 is 0 Å². The van der Waals surface area contributed by atoms with Gasteiger partial charge in [0.05, 0.1) is 22.0 Å². The van der Waals surface area contributed by atoms with Crippen molar-refractivity contribution in [1.82, 2.24) is 19.0 Å². The minimum atomic E-state index is -3.66. The van der Waals surface area contributed by atoms with Crippen LogP contribution in [0.25, 0.3) is 23.0 Å². The van der Waals surface area contributed by atoms with Gasteiger partial charge < -0.3 is 0 Å². The predicted molar refractivity (Wildman–Crippen MR) is 176 cm³/mol. The molecule has 2 aliphatic heterocycles. The summed E-state index contributed by atoms with van der Waals surface area (Å²) in [6.45, 7) is 3.45. The molecule has 0 bridgehead atoms.